The average molecular weight is 502 g/mol. The molecule has 8 heteroatoms. The number of ether oxygens (including phenoxy) is 3. The standard InChI is InChI=1S/C29H27NO7/c1-17-14-20(10-13-23(17)36-3)27(32)25-26(19-6-5-7-22(16-19)35-2)30(29(34)28(25)33)21-11-8-18(9-12-21)15-24(31)37-4/h5-14,16,26,32H,15H2,1-4H3/b27-25-. The molecule has 0 radical (unpaired) electrons. The number of ketones is 1. The second-order valence-electron chi connectivity index (χ2n) is 8.55. The molecule has 0 saturated carbocycles. The van der Waals surface area contributed by atoms with E-state index in [1.54, 1.807) is 73.8 Å². The van der Waals surface area contributed by atoms with E-state index in [1.165, 1.54) is 19.1 Å². The third-order valence-electron chi connectivity index (χ3n) is 6.31. The molecule has 1 aliphatic heterocycles. The van der Waals surface area contributed by atoms with E-state index in [0.717, 1.165) is 5.56 Å². The predicted molar refractivity (Wildman–Crippen MR) is 138 cm³/mol. The molecule has 0 aromatic heterocycles. The lowest BCUT2D eigenvalue weighted by Crippen LogP contribution is -2.29. The smallest absolute Gasteiger partial charge is 0.309 e. The number of benzene rings is 3. The van der Waals surface area contributed by atoms with Crippen LogP contribution in [0, 0.1) is 6.92 Å². The highest BCUT2D eigenvalue weighted by molar-refractivity contribution is 6.51. The topological polar surface area (TPSA) is 102 Å². The molecule has 0 aliphatic carbocycles. The van der Waals surface area contributed by atoms with E-state index in [2.05, 4.69) is 0 Å². The van der Waals surface area contributed by atoms with E-state index in [-0.39, 0.29) is 23.7 Å². The first-order chi connectivity index (χ1) is 17.8. The Bertz CT molecular complexity index is 1390. The number of nitrogens with zero attached hydrogens (tertiary/aromatic N) is 1. The number of hydrogen-bond acceptors (Lipinski definition) is 7. The normalized spacial score (nSPS) is 16.5. The van der Waals surface area contributed by atoms with Crippen LogP contribution in [0.5, 0.6) is 11.5 Å². The van der Waals surface area contributed by atoms with Crippen molar-refractivity contribution in [1.29, 1.82) is 0 Å². The average Bonchev–Trinajstić information content (AvgIpc) is 3.18. The second-order valence-corrected chi connectivity index (χ2v) is 8.55. The molecule has 0 bridgehead atoms. The van der Waals surface area contributed by atoms with Crippen molar-refractivity contribution >= 4 is 29.1 Å². The Labute approximate surface area is 214 Å². The lowest BCUT2D eigenvalue weighted by Gasteiger charge is -2.26. The number of aliphatic hydroxyl groups excluding tert-OH is 1. The summed E-state index contributed by atoms with van der Waals surface area (Å²) in [6.07, 6.45) is 0.0751. The number of carbonyl (C=O) groups excluding carboxylic acids is 3. The summed E-state index contributed by atoms with van der Waals surface area (Å²) in [6.45, 7) is 1.82. The highest BCUT2D eigenvalue weighted by atomic mass is 16.5. The third kappa shape index (κ3) is 4.91. The Morgan fingerprint density at radius 3 is 2.30 bits per heavy atom. The quantitative estimate of drug-likeness (QED) is 0.222. The van der Waals surface area contributed by atoms with E-state index in [0.29, 0.717) is 33.9 Å². The molecule has 1 atom stereocenters. The molecule has 3 aromatic carbocycles. The van der Waals surface area contributed by atoms with Gasteiger partial charge in [0, 0.05) is 11.3 Å². The Balaban J connectivity index is 1.87. The van der Waals surface area contributed by atoms with Crippen LogP contribution in [0.15, 0.2) is 72.3 Å². The molecule has 1 unspecified atom stereocenters. The first kappa shape index (κ1) is 25.5. The molecule has 1 heterocycles. The van der Waals surface area contributed by atoms with Gasteiger partial charge in [-0.3, -0.25) is 19.3 Å². The van der Waals surface area contributed by atoms with Gasteiger partial charge in [-0.15, -0.1) is 0 Å². The molecule has 1 aliphatic rings. The minimum Gasteiger partial charge on any atom is -0.507 e. The van der Waals surface area contributed by atoms with Crippen LogP contribution in [-0.2, 0) is 25.5 Å². The SMILES string of the molecule is COC(=O)Cc1ccc(N2C(=O)C(=O)/C(=C(\O)c3ccc(OC)c(C)c3)C2c2cccc(OC)c2)cc1. The van der Waals surface area contributed by atoms with E-state index in [1.807, 2.05) is 6.92 Å². The third-order valence-corrected chi connectivity index (χ3v) is 6.31. The number of aryl methyl sites for hydroxylation is 1. The lowest BCUT2D eigenvalue weighted by molar-refractivity contribution is -0.139. The van der Waals surface area contributed by atoms with Crippen LogP contribution in [-0.4, -0.2) is 44.1 Å². The van der Waals surface area contributed by atoms with Gasteiger partial charge in [-0.05, 0) is 66.1 Å². The van der Waals surface area contributed by atoms with Crippen molar-refractivity contribution in [3.8, 4) is 11.5 Å². The fraction of sp³-hybridized carbons (Fsp3) is 0.207. The molecule has 190 valence electrons. The number of Topliss-reactive ketones (excluding diaryl/α,β-unsaturated/α-hetero) is 1. The van der Waals surface area contributed by atoms with Crippen molar-refractivity contribution in [3.05, 3.63) is 94.6 Å². The molecular weight excluding hydrogens is 474 g/mol. The number of aliphatic hydroxyl groups is 1. The summed E-state index contributed by atoms with van der Waals surface area (Å²) in [4.78, 5) is 39.7. The van der Waals surface area contributed by atoms with E-state index in [9.17, 15) is 19.5 Å². The minimum atomic E-state index is -0.913. The maximum atomic E-state index is 13.4. The first-order valence-corrected chi connectivity index (χ1v) is 11.5. The summed E-state index contributed by atoms with van der Waals surface area (Å²) < 4.78 is 15.4. The van der Waals surface area contributed by atoms with Crippen molar-refractivity contribution in [3.63, 3.8) is 0 Å². The van der Waals surface area contributed by atoms with Crippen molar-refractivity contribution in [2.75, 3.05) is 26.2 Å². The van der Waals surface area contributed by atoms with E-state index in [4.69, 9.17) is 14.2 Å². The van der Waals surface area contributed by atoms with Crippen molar-refractivity contribution in [2.24, 2.45) is 0 Å². The Hall–Kier alpha value is -4.59. The molecule has 0 spiro atoms. The summed E-state index contributed by atoms with van der Waals surface area (Å²) in [5.74, 6) is -1.09. The van der Waals surface area contributed by atoms with Gasteiger partial charge in [-0.1, -0.05) is 24.3 Å². The van der Waals surface area contributed by atoms with Gasteiger partial charge in [-0.2, -0.15) is 0 Å². The van der Waals surface area contributed by atoms with Crippen molar-refractivity contribution in [2.45, 2.75) is 19.4 Å². The van der Waals surface area contributed by atoms with Crippen LogP contribution in [0.3, 0.4) is 0 Å². The van der Waals surface area contributed by atoms with Gasteiger partial charge >= 0.3 is 5.97 Å². The number of methoxy groups -OCH3 is 3. The molecule has 1 fully saturated rings. The predicted octanol–water partition coefficient (Wildman–Crippen LogP) is 4.35. The largest absolute Gasteiger partial charge is 0.507 e. The van der Waals surface area contributed by atoms with E-state index < -0.39 is 17.7 Å². The maximum Gasteiger partial charge on any atom is 0.309 e. The van der Waals surface area contributed by atoms with Crippen LogP contribution >= 0.6 is 0 Å². The number of rotatable bonds is 7. The number of hydrogen-bond donors (Lipinski definition) is 1. The summed E-state index contributed by atoms with van der Waals surface area (Å²) in [5, 5.41) is 11.3. The summed E-state index contributed by atoms with van der Waals surface area (Å²) in [7, 11) is 4.39. The Kier molecular flexibility index (Phi) is 7.29. The Morgan fingerprint density at radius 1 is 0.946 bits per heavy atom. The zero-order valence-corrected chi connectivity index (χ0v) is 21.0. The monoisotopic (exact) mass is 501 g/mol. The molecule has 1 N–H and O–H groups in total. The highest BCUT2D eigenvalue weighted by Gasteiger charge is 2.47. The minimum absolute atomic E-state index is 0.0403. The molecule has 8 nitrogen and oxygen atoms in total. The van der Waals surface area contributed by atoms with Crippen LogP contribution in [0.25, 0.3) is 5.76 Å². The van der Waals surface area contributed by atoms with Crippen molar-refractivity contribution < 1.29 is 33.7 Å². The van der Waals surface area contributed by atoms with Crippen LogP contribution in [0.2, 0.25) is 0 Å². The van der Waals surface area contributed by atoms with Gasteiger partial charge in [0.15, 0.2) is 0 Å². The van der Waals surface area contributed by atoms with Gasteiger partial charge in [0.05, 0.1) is 39.4 Å². The zero-order chi connectivity index (χ0) is 26.7. The summed E-state index contributed by atoms with van der Waals surface area (Å²) in [5.41, 5.74) is 2.83. The van der Waals surface area contributed by atoms with Gasteiger partial charge < -0.3 is 19.3 Å². The number of amides is 1. The van der Waals surface area contributed by atoms with Crippen LogP contribution < -0.4 is 14.4 Å². The van der Waals surface area contributed by atoms with Gasteiger partial charge in [0.2, 0.25) is 0 Å². The van der Waals surface area contributed by atoms with Gasteiger partial charge in [0.1, 0.15) is 17.3 Å². The molecule has 4 rings (SSSR count). The fourth-order valence-corrected chi connectivity index (χ4v) is 4.42. The number of anilines is 1. The second kappa shape index (κ2) is 10.6. The van der Waals surface area contributed by atoms with Gasteiger partial charge in [0.25, 0.3) is 11.7 Å². The highest BCUT2D eigenvalue weighted by Crippen LogP contribution is 2.43. The molecule has 1 saturated heterocycles. The Morgan fingerprint density at radius 2 is 1.68 bits per heavy atom. The first-order valence-electron chi connectivity index (χ1n) is 11.5. The number of esters is 1. The molecule has 3 aromatic rings. The van der Waals surface area contributed by atoms with Crippen molar-refractivity contribution in [1.82, 2.24) is 0 Å². The van der Waals surface area contributed by atoms with Gasteiger partial charge in [-0.25, -0.2) is 0 Å². The zero-order valence-electron chi connectivity index (χ0n) is 21.0. The number of carbonyl (C=O) groups is 3. The van der Waals surface area contributed by atoms with E-state index >= 15 is 0 Å². The fourth-order valence-electron chi connectivity index (χ4n) is 4.42. The molecule has 1 amide bonds. The van der Waals surface area contributed by atoms with Crippen LogP contribution in [0.1, 0.15) is 28.3 Å². The lowest BCUT2D eigenvalue weighted by atomic mass is 9.94. The summed E-state index contributed by atoms with van der Waals surface area (Å²) >= 11 is 0. The molecule has 37 heavy (non-hydrogen) atoms. The van der Waals surface area contributed by atoms with Crippen LogP contribution in [0.4, 0.5) is 5.69 Å². The maximum absolute atomic E-state index is 13.4. The summed E-state index contributed by atoms with van der Waals surface area (Å²) in [6, 6.07) is 17.8. The molecular formula is C29H27NO7.